The number of benzene rings is 1. The number of halogens is 2. The van der Waals surface area contributed by atoms with Crippen molar-refractivity contribution in [2.75, 3.05) is 12.3 Å². The van der Waals surface area contributed by atoms with Gasteiger partial charge in [0.15, 0.2) is 0 Å². The van der Waals surface area contributed by atoms with E-state index < -0.39 is 22.4 Å². The Bertz CT molecular complexity index is 370. The number of hydrogen-bond donors (Lipinski definition) is 1. The molecule has 2 atom stereocenters. The molecule has 0 amide bonds. The number of rotatable bonds is 4. The summed E-state index contributed by atoms with van der Waals surface area (Å²) in [6.07, 6.45) is 0. The van der Waals surface area contributed by atoms with Crippen LogP contribution in [0.25, 0.3) is 0 Å². The minimum Gasteiger partial charge on any atom is -0.330 e. The van der Waals surface area contributed by atoms with Crippen LogP contribution in [0, 0.1) is 17.6 Å². The smallest absolute Gasteiger partial charge is 0.139 e. The molecule has 15 heavy (non-hydrogen) atoms. The van der Waals surface area contributed by atoms with Crippen molar-refractivity contribution in [2.24, 2.45) is 11.7 Å². The van der Waals surface area contributed by atoms with E-state index in [1.807, 2.05) is 6.92 Å². The molecule has 2 unspecified atom stereocenters. The van der Waals surface area contributed by atoms with E-state index in [1.54, 1.807) is 0 Å². The van der Waals surface area contributed by atoms with E-state index in [0.29, 0.717) is 6.54 Å². The Morgan fingerprint density at radius 2 is 2.13 bits per heavy atom. The molecule has 0 bridgehead atoms. The molecule has 2 N–H and O–H groups in total. The van der Waals surface area contributed by atoms with Crippen LogP contribution in [-0.4, -0.2) is 16.5 Å². The Morgan fingerprint density at radius 3 is 2.73 bits per heavy atom. The predicted molar refractivity (Wildman–Crippen MR) is 55.9 cm³/mol. The Labute approximate surface area is 89.9 Å². The van der Waals surface area contributed by atoms with E-state index in [4.69, 9.17) is 5.73 Å². The second kappa shape index (κ2) is 5.32. The quantitative estimate of drug-likeness (QED) is 0.859. The van der Waals surface area contributed by atoms with Gasteiger partial charge in [0.1, 0.15) is 11.6 Å². The molecule has 0 aliphatic heterocycles. The first-order valence-corrected chi connectivity index (χ1v) is 5.90. The lowest BCUT2D eigenvalue weighted by atomic mass is 10.2. The number of nitrogens with two attached hydrogens (primary N) is 1. The van der Waals surface area contributed by atoms with Crippen LogP contribution in [0.3, 0.4) is 0 Å². The Morgan fingerprint density at radius 1 is 1.47 bits per heavy atom. The lowest BCUT2D eigenvalue weighted by Crippen LogP contribution is -2.18. The summed E-state index contributed by atoms with van der Waals surface area (Å²) in [6, 6.07) is 2.95. The average Bonchev–Trinajstić information content (AvgIpc) is 2.21. The predicted octanol–water partition coefficient (Wildman–Crippen LogP) is 1.67. The van der Waals surface area contributed by atoms with Crippen molar-refractivity contribution in [2.45, 2.75) is 11.8 Å². The highest BCUT2D eigenvalue weighted by Gasteiger charge is 2.13. The lowest BCUT2D eigenvalue weighted by Gasteiger charge is -2.08. The highest BCUT2D eigenvalue weighted by Crippen LogP contribution is 2.15. The molecule has 0 radical (unpaired) electrons. The minimum atomic E-state index is -1.53. The monoisotopic (exact) mass is 233 g/mol. The summed E-state index contributed by atoms with van der Waals surface area (Å²) >= 11 is 0. The van der Waals surface area contributed by atoms with Gasteiger partial charge in [-0.05, 0) is 30.7 Å². The molecule has 1 aromatic rings. The van der Waals surface area contributed by atoms with Gasteiger partial charge in [-0.3, -0.25) is 4.21 Å². The summed E-state index contributed by atoms with van der Waals surface area (Å²) < 4.78 is 37.6. The van der Waals surface area contributed by atoms with Gasteiger partial charge in [-0.25, -0.2) is 8.78 Å². The third-order valence-corrected chi connectivity index (χ3v) is 3.65. The molecule has 84 valence electrons. The van der Waals surface area contributed by atoms with Gasteiger partial charge in [0, 0.05) is 5.75 Å². The summed E-state index contributed by atoms with van der Waals surface area (Å²) in [7, 11) is -1.53. The zero-order valence-electron chi connectivity index (χ0n) is 8.37. The van der Waals surface area contributed by atoms with Crippen molar-refractivity contribution < 1.29 is 13.0 Å². The maximum absolute atomic E-state index is 13.2. The van der Waals surface area contributed by atoms with Gasteiger partial charge in [0.2, 0.25) is 0 Å². The van der Waals surface area contributed by atoms with Crippen LogP contribution < -0.4 is 5.73 Å². The van der Waals surface area contributed by atoms with Gasteiger partial charge in [-0.1, -0.05) is 6.92 Å². The van der Waals surface area contributed by atoms with Gasteiger partial charge in [0.25, 0.3) is 0 Å². The van der Waals surface area contributed by atoms with Crippen LogP contribution in [-0.2, 0) is 10.8 Å². The summed E-state index contributed by atoms with van der Waals surface area (Å²) in [4.78, 5) is -0.0877. The molecule has 2 nitrogen and oxygen atoms in total. The Kier molecular flexibility index (Phi) is 4.35. The third kappa shape index (κ3) is 3.35. The van der Waals surface area contributed by atoms with Crippen molar-refractivity contribution in [3.8, 4) is 0 Å². The van der Waals surface area contributed by atoms with Gasteiger partial charge in [0.05, 0.1) is 15.7 Å². The summed E-state index contributed by atoms with van der Waals surface area (Å²) in [5.41, 5.74) is 5.36. The summed E-state index contributed by atoms with van der Waals surface area (Å²) in [5.74, 6) is -0.954. The molecular weight excluding hydrogens is 220 g/mol. The molecule has 0 saturated heterocycles. The molecule has 5 heteroatoms. The molecule has 0 aliphatic carbocycles. The van der Waals surface area contributed by atoms with Crippen LogP contribution in [0.1, 0.15) is 6.92 Å². The van der Waals surface area contributed by atoms with Crippen molar-refractivity contribution in [1.29, 1.82) is 0 Å². The van der Waals surface area contributed by atoms with Crippen molar-refractivity contribution in [1.82, 2.24) is 0 Å². The van der Waals surface area contributed by atoms with E-state index in [-0.39, 0.29) is 16.6 Å². The molecule has 0 heterocycles. The maximum atomic E-state index is 13.2. The zero-order valence-corrected chi connectivity index (χ0v) is 9.19. The van der Waals surface area contributed by atoms with Crippen LogP contribution in [0.4, 0.5) is 8.78 Å². The third-order valence-electron chi connectivity index (χ3n) is 1.98. The topological polar surface area (TPSA) is 43.1 Å². The van der Waals surface area contributed by atoms with E-state index in [2.05, 4.69) is 0 Å². The largest absolute Gasteiger partial charge is 0.330 e. The van der Waals surface area contributed by atoms with E-state index in [1.165, 1.54) is 0 Å². The Hall–Kier alpha value is -0.810. The first kappa shape index (κ1) is 12.3. The van der Waals surface area contributed by atoms with Crippen molar-refractivity contribution in [3.05, 3.63) is 29.8 Å². The second-order valence-electron chi connectivity index (χ2n) is 3.43. The van der Waals surface area contributed by atoms with Crippen LogP contribution >= 0.6 is 0 Å². The molecule has 0 fully saturated rings. The molecular formula is C10H13F2NOS. The van der Waals surface area contributed by atoms with Gasteiger partial charge < -0.3 is 5.73 Å². The van der Waals surface area contributed by atoms with E-state index in [0.717, 1.165) is 18.2 Å². The molecule has 1 rings (SSSR count). The second-order valence-corrected chi connectivity index (χ2v) is 4.89. The zero-order chi connectivity index (χ0) is 11.4. The normalized spacial score (nSPS) is 14.9. The molecule has 1 aromatic carbocycles. The van der Waals surface area contributed by atoms with Gasteiger partial charge in [-0.2, -0.15) is 0 Å². The summed E-state index contributed by atoms with van der Waals surface area (Å²) in [5, 5.41) is 0. The first-order valence-electron chi connectivity index (χ1n) is 4.58. The standard InChI is InChI=1S/C10H13F2NOS/c1-7(5-13)6-15(14)10-4-8(11)2-3-9(10)12/h2-4,7H,5-6,13H2,1H3. The molecule has 0 aliphatic rings. The van der Waals surface area contributed by atoms with Crippen molar-refractivity contribution >= 4 is 10.8 Å². The van der Waals surface area contributed by atoms with Gasteiger partial charge >= 0.3 is 0 Å². The molecule has 0 spiro atoms. The molecule has 0 aromatic heterocycles. The molecule has 0 saturated carbocycles. The summed E-state index contributed by atoms with van der Waals surface area (Å²) in [6.45, 7) is 2.19. The lowest BCUT2D eigenvalue weighted by molar-refractivity contribution is 0.569. The fourth-order valence-corrected chi connectivity index (χ4v) is 2.43. The first-order chi connectivity index (χ1) is 7.04. The fourth-order valence-electron chi connectivity index (χ4n) is 1.07. The van der Waals surface area contributed by atoms with Crippen LogP contribution in [0.5, 0.6) is 0 Å². The Balaban J connectivity index is 2.86. The number of hydrogen-bond acceptors (Lipinski definition) is 2. The van der Waals surface area contributed by atoms with Crippen LogP contribution in [0.2, 0.25) is 0 Å². The van der Waals surface area contributed by atoms with E-state index in [9.17, 15) is 13.0 Å². The maximum Gasteiger partial charge on any atom is 0.139 e. The average molecular weight is 233 g/mol. The van der Waals surface area contributed by atoms with Gasteiger partial charge in [-0.15, -0.1) is 0 Å². The highest BCUT2D eigenvalue weighted by atomic mass is 32.2. The van der Waals surface area contributed by atoms with Crippen LogP contribution in [0.15, 0.2) is 23.1 Å². The fraction of sp³-hybridized carbons (Fsp3) is 0.400. The highest BCUT2D eigenvalue weighted by molar-refractivity contribution is 7.85. The van der Waals surface area contributed by atoms with E-state index >= 15 is 0 Å². The van der Waals surface area contributed by atoms with Crippen molar-refractivity contribution in [3.63, 3.8) is 0 Å². The minimum absolute atomic E-state index is 0.0218. The SMILES string of the molecule is CC(CN)CS(=O)c1cc(F)ccc1F.